The number of nitrogens with one attached hydrogen (secondary N) is 1. The molecule has 4 N–H and O–H groups in total. The Hall–Kier alpha value is -3.92. The average Bonchev–Trinajstić information content (AvgIpc) is 2.93. The minimum Gasteiger partial charge on any atom is -0.497 e. The van der Waals surface area contributed by atoms with Crippen LogP contribution in [-0.2, 0) is 14.3 Å². The zero-order valence-electron chi connectivity index (χ0n) is 20.7. The van der Waals surface area contributed by atoms with E-state index in [1.807, 2.05) is 60.7 Å². The number of benzene rings is 3. The summed E-state index contributed by atoms with van der Waals surface area (Å²) in [5.41, 5.74) is 2.29. The lowest BCUT2D eigenvalue weighted by Crippen LogP contribution is -2.32. The maximum absolute atomic E-state index is 10.1. The van der Waals surface area contributed by atoms with Gasteiger partial charge in [-0.1, -0.05) is 60.7 Å². The van der Waals surface area contributed by atoms with Crippen LogP contribution in [0.2, 0.25) is 0 Å². The Morgan fingerprint density at radius 3 is 1.81 bits per heavy atom. The number of carboxylic acids is 2. The molecule has 0 saturated heterocycles. The van der Waals surface area contributed by atoms with Crippen molar-refractivity contribution in [3.63, 3.8) is 0 Å². The van der Waals surface area contributed by atoms with Gasteiger partial charge in [-0.15, -0.1) is 0 Å². The maximum Gasteiger partial charge on any atom is 0.414 e. The monoisotopic (exact) mass is 511 g/mol. The molecule has 0 heterocycles. The van der Waals surface area contributed by atoms with Crippen LogP contribution in [0.25, 0.3) is 0 Å². The standard InChI is InChI=1S/C26H31NO4.C2H2O4/c1-29-24-13-15-25(16-14-24)31-20-23(28)19-27-17-8-18-30-26(21-9-4-2-5-10-21)22-11-6-3-7-12-22;3-1(4)2(5)6/h2-7,9-16,23,26-28H,8,17-20H2,1H3;(H,3,4)(H,5,6). The molecule has 0 spiro atoms. The van der Waals surface area contributed by atoms with Crippen LogP contribution in [0.4, 0.5) is 0 Å². The van der Waals surface area contributed by atoms with Gasteiger partial charge >= 0.3 is 11.9 Å². The third kappa shape index (κ3) is 11.6. The minimum atomic E-state index is -1.82. The van der Waals surface area contributed by atoms with Crippen molar-refractivity contribution in [1.82, 2.24) is 5.32 Å². The molecule has 0 aliphatic carbocycles. The summed E-state index contributed by atoms with van der Waals surface area (Å²) >= 11 is 0. The van der Waals surface area contributed by atoms with Crippen molar-refractivity contribution in [2.75, 3.05) is 33.4 Å². The molecular formula is C28H33NO8. The smallest absolute Gasteiger partial charge is 0.414 e. The van der Waals surface area contributed by atoms with Crippen LogP contribution < -0.4 is 14.8 Å². The van der Waals surface area contributed by atoms with Crippen LogP contribution in [0, 0.1) is 0 Å². The molecule has 0 aromatic heterocycles. The topological polar surface area (TPSA) is 135 Å². The van der Waals surface area contributed by atoms with Crippen molar-refractivity contribution >= 4 is 11.9 Å². The predicted molar refractivity (Wildman–Crippen MR) is 138 cm³/mol. The van der Waals surface area contributed by atoms with Gasteiger partial charge in [0.2, 0.25) is 0 Å². The fraction of sp³-hybridized carbons (Fsp3) is 0.286. The molecule has 0 saturated carbocycles. The zero-order chi connectivity index (χ0) is 26.9. The molecule has 1 unspecified atom stereocenters. The molecule has 0 aliphatic heterocycles. The molecule has 0 bridgehead atoms. The SMILES string of the molecule is COc1ccc(OCC(O)CNCCCOC(c2ccccc2)c2ccccc2)cc1.O=C(O)C(=O)O. The Morgan fingerprint density at radius 1 is 0.811 bits per heavy atom. The zero-order valence-corrected chi connectivity index (χ0v) is 20.7. The first kappa shape index (κ1) is 29.3. The molecule has 3 rings (SSSR count). The number of ether oxygens (including phenoxy) is 3. The van der Waals surface area contributed by atoms with Crippen molar-refractivity contribution < 1.29 is 39.1 Å². The fourth-order valence-corrected chi connectivity index (χ4v) is 3.23. The van der Waals surface area contributed by atoms with E-state index in [0.717, 1.165) is 29.8 Å². The van der Waals surface area contributed by atoms with Crippen LogP contribution in [0.3, 0.4) is 0 Å². The lowest BCUT2D eigenvalue weighted by molar-refractivity contribution is -0.159. The number of carboxylic acid groups (broad SMARTS) is 2. The summed E-state index contributed by atoms with van der Waals surface area (Å²) in [6.45, 7) is 2.09. The van der Waals surface area contributed by atoms with Crippen LogP contribution in [0.1, 0.15) is 23.7 Å². The van der Waals surface area contributed by atoms with E-state index in [0.29, 0.717) is 18.9 Å². The molecule has 0 aliphatic rings. The fourth-order valence-electron chi connectivity index (χ4n) is 3.23. The first-order valence-electron chi connectivity index (χ1n) is 11.7. The molecule has 1 atom stereocenters. The number of aliphatic carboxylic acids is 2. The van der Waals surface area contributed by atoms with Crippen LogP contribution in [0.15, 0.2) is 84.9 Å². The van der Waals surface area contributed by atoms with Gasteiger partial charge in [0.05, 0.1) is 7.11 Å². The first-order chi connectivity index (χ1) is 17.9. The van der Waals surface area contributed by atoms with E-state index >= 15 is 0 Å². The highest BCUT2D eigenvalue weighted by Gasteiger charge is 2.14. The highest BCUT2D eigenvalue weighted by atomic mass is 16.5. The second-order valence-electron chi connectivity index (χ2n) is 7.88. The summed E-state index contributed by atoms with van der Waals surface area (Å²) in [5, 5.41) is 28.2. The van der Waals surface area contributed by atoms with E-state index in [1.54, 1.807) is 7.11 Å². The largest absolute Gasteiger partial charge is 0.497 e. The lowest BCUT2D eigenvalue weighted by atomic mass is 10.0. The van der Waals surface area contributed by atoms with Gasteiger partial charge in [-0.25, -0.2) is 9.59 Å². The number of aliphatic hydroxyl groups excluding tert-OH is 1. The molecule has 198 valence electrons. The number of aliphatic hydroxyl groups is 1. The van der Waals surface area contributed by atoms with E-state index in [1.165, 1.54) is 0 Å². The number of rotatable bonds is 13. The van der Waals surface area contributed by atoms with Crippen molar-refractivity contribution in [3.05, 3.63) is 96.1 Å². The molecule has 37 heavy (non-hydrogen) atoms. The average molecular weight is 512 g/mol. The van der Waals surface area contributed by atoms with Gasteiger partial charge in [0.1, 0.15) is 30.3 Å². The quantitative estimate of drug-likeness (QED) is 0.201. The molecular weight excluding hydrogens is 478 g/mol. The van der Waals surface area contributed by atoms with Gasteiger partial charge in [-0.2, -0.15) is 0 Å². The van der Waals surface area contributed by atoms with Gasteiger partial charge in [-0.3, -0.25) is 0 Å². The van der Waals surface area contributed by atoms with Crippen LogP contribution >= 0.6 is 0 Å². The summed E-state index contributed by atoms with van der Waals surface area (Å²) in [7, 11) is 1.62. The van der Waals surface area contributed by atoms with Crippen molar-refractivity contribution in [2.45, 2.75) is 18.6 Å². The van der Waals surface area contributed by atoms with Gasteiger partial charge in [0.15, 0.2) is 0 Å². The third-order valence-electron chi connectivity index (χ3n) is 5.05. The Kier molecular flexibility index (Phi) is 13.2. The van der Waals surface area contributed by atoms with Gasteiger partial charge < -0.3 is 34.8 Å². The Morgan fingerprint density at radius 2 is 1.32 bits per heavy atom. The molecule has 3 aromatic rings. The predicted octanol–water partition coefficient (Wildman–Crippen LogP) is 3.38. The highest BCUT2D eigenvalue weighted by Crippen LogP contribution is 2.25. The Bertz CT molecular complexity index is 993. The molecule has 9 nitrogen and oxygen atoms in total. The van der Waals surface area contributed by atoms with E-state index in [2.05, 4.69) is 29.6 Å². The summed E-state index contributed by atoms with van der Waals surface area (Å²) in [6, 6.07) is 27.8. The third-order valence-corrected chi connectivity index (χ3v) is 5.05. The molecule has 3 aromatic carbocycles. The van der Waals surface area contributed by atoms with Crippen molar-refractivity contribution in [2.24, 2.45) is 0 Å². The van der Waals surface area contributed by atoms with Gasteiger partial charge in [-0.05, 0) is 48.4 Å². The summed E-state index contributed by atoms with van der Waals surface area (Å²) in [6.07, 6.45) is 0.192. The van der Waals surface area contributed by atoms with Gasteiger partial charge in [0.25, 0.3) is 0 Å². The Balaban J connectivity index is 0.000000717. The summed E-state index contributed by atoms with van der Waals surface area (Å²) in [5.74, 6) is -2.16. The lowest BCUT2D eigenvalue weighted by Gasteiger charge is -2.19. The Labute approximate surface area is 216 Å². The van der Waals surface area contributed by atoms with Crippen molar-refractivity contribution in [3.8, 4) is 11.5 Å². The summed E-state index contributed by atoms with van der Waals surface area (Å²) in [4.78, 5) is 18.2. The summed E-state index contributed by atoms with van der Waals surface area (Å²) < 4.78 is 16.9. The first-order valence-corrected chi connectivity index (χ1v) is 11.7. The van der Waals surface area contributed by atoms with Crippen LogP contribution in [-0.4, -0.2) is 66.8 Å². The minimum absolute atomic E-state index is 0.0779. The molecule has 0 amide bonds. The normalized spacial score (nSPS) is 11.2. The molecule has 9 heteroatoms. The maximum atomic E-state index is 10.1. The number of hydrogen-bond donors (Lipinski definition) is 4. The molecule has 0 fully saturated rings. The van der Waals surface area contributed by atoms with E-state index in [4.69, 9.17) is 34.0 Å². The van der Waals surface area contributed by atoms with Crippen molar-refractivity contribution in [1.29, 1.82) is 0 Å². The van der Waals surface area contributed by atoms with E-state index in [9.17, 15) is 5.11 Å². The van der Waals surface area contributed by atoms with Crippen LogP contribution in [0.5, 0.6) is 11.5 Å². The second-order valence-corrected chi connectivity index (χ2v) is 7.88. The number of methoxy groups -OCH3 is 1. The van der Waals surface area contributed by atoms with E-state index in [-0.39, 0.29) is 12.7 Å². The number of carbonyl (C=O) groups is 2. The second kappa shape index (κ2) is 16.7. The van der Waals surface area contributed by atoms with E-state index < -0.39 is 18.0 Å². The number of hydrogen-bond acceptors (Lipinski definition) is 7. The van der Waals surface area contributed by atoms with Gasteiger partial charge in [0, 0.05) is 13.2 Å². The highest BCUT2D eigenvalue weighted by molar-refractivity contribution is 6.27. The molecule has 0 radical (unpaired) electrons.